The van der Waals surface area contributed by atoms with Gasteiger partial charge in [-0.05, 0) is 25.0 Å². The van der Waals surface area contributed by atoms with Crippen molar-refractivity contribution in [1.29, 1.82) is 0 Å². The van der Waals surface area contributed by atoms with E-state index in [1.807, 2.05) is 40.1 Å². The summed E-state index contributed by atoms with van der Waals surface area (Å²) in [6, 6.07) is 9.29. The molecule has 0 bridgehead atoms. The van der Waals surface area contributed by atoms with Crippen molar-refractivity contribution in [2.75, 3.05) is 64.5 Å². The van der Waals surface area contributed by atoms with Crippen LogP contribution in [-0.4, -0.2) is 98.0 Å². The number of piperazine rings is 1. The SMILES string of the molecule is COCCN1CC(C(=O)N2CCN(C(=O)C3CC3)CC2)C2NN(c3ccccc3)C(=O)C2C1. The molecular weight excluding hydrogens is 422 g/mol. The number of carbonyl (C=O) groups excluding carboxylic acids is 3. The van der Waals surface area contributed by atoms with Gasteiger partial charge in [-0.3, -0.25) is 19.3 Å². The highest BCUT2D eigenvalue weighted by molar-refractivity contribution is 5.98. The van der Waals surface area contributed by atoms with E-state index in [-0.39, 0.29) is 41.5 Å². The van der Waals surface area contributed by atoms with Crippen LogP contribution in [0.25, 0.3) is 0 Å². The van der Waals surface area contributed by atoms with E-state index >= 15 is 0 Å². The second kappa shape index (κ2) is 9.40. The van der Waals surface area contributed by atoms with Gasteiger partial charge < -0.3 is 14.5 Å². The Labute approximate surface area is 194 Å². The molecule has 9 nitrogen and oxygen atoms in total. The first-order valence-electron chi connectivity index (χ1n) is 12.0. The minimum atomic E-state index is -0.330. The predicted octanol–water partition coefficient (Wildman–Crippen LogP) is 0.182. The molecule has 1 saturated carbocycles. The van der Waals surface area contributed by atoms with E-state index in [0.717, 1.165) is 18.5 Å². The fraction of sp³-hybridized carbons (Fsp3) is 0.625. The van der Waals surface area contributed by atoms with Crippen LogP contribution in [0.3, 0.4) is 0 Å². The van der Waals surface area contributed by atoms with Gasteiger partial charge in [0.25, 0.3) is 0 Å². The third kappa shape index (κ3) is 4.49. The van der Waals surface area contributed by atoms with Crippen LogP contribution in [-0.2, 0) is 19.1 Å². The third-order valence-electron chi connectivity index (χ3n) is 7.37. The second-order valence-corrected chi connectivity index (χ2v) is 9.55. The predicted molar refractivity (Wildman–Crippen MR) is 122 cm³/mol. The summed E-state index contributed by atoms with van der Waals surface area (Å²) >= 11 is 0. The number of likely N-dealkylation sites (tertiary alicyclic amines) is 1. The van der Waals surface area contributed by atoms with Crippen molar-refractivity contribution in [1.82, 2.24) is 20.1 Å². The third-order valence-corrected chi connectivity index (χ3v) is 7.37. The van der Waals surface area contributed by atoms with Gasteiger partial charge >= 0.3 is 0 Å². The van der Waals surface area contributed by atoms with E-state index in [2.05, 4.69) is 10.3 Å². The summed E-state index contributed by atoms with van der Waals surface area (Å²) in [5.74, 6) is -0.0937. The van der Waals surface area contributed by atoms with Crippen LogP contribution in [0, 0.1) is 17.8 Å². The lowest BCUT2D eigenvalue weighted by molar-refractivity contribution is -0.145. The first kappa shape index (κ1) is 22.3. The molecule has 5 rings (SSSR count). The Morgan fingerprint density at radius 1 is 1.00 bits per heavy atom. The molecule has 0 spiro atoms. The summed E-state index contributed by atoms with van der Waals surface area (Å²) in [6.45, 7) is 4.74. The highest BCUT2D eigenvalue weighted by Crippen LogP contribution is 2.34. The maximum Gasteiger partial charge on any atom is 0.247 e. The lowest BCUT2D eigenvalue weighted by Gasteiger charge is -2.42. The van der Waals surface area contributed by atoms with Crippen LogP contribution in [0.15, 0.2) is 30.3 Å². The van der Waals surface area contributed by atoms with E-state index in [9.17, 15) is 14.4 Å². The Bertz CT molecular complexity index is 884. The number of hydrazine groups is 1. The minimum absolute atomic E-state index is 0.00552. The van der Waals surface area contributed by atoms with Crippen molar-refractivity contribution in [2.45, 2.75) is 18.9 Å². The van der Waals surface area contributed by atoms with Gasteiger partial charge in [0.05, 0.1) is 30.2 Å². The summed E-state index contributed by atoms with van der Waals surface area (Å²) in [6.07, 6.45) is 2.00. The molecule has 1 aromatic rings. The number of hydrogen-bond acceptors (Lipinski definition) is 6. The maximum atomic E-state index is 13.7. The maximum absolute atomic E-state index is 13.7. The Morgan fingerprint density at radius 3 is 2.30 bits per heavy atom. The molecule has 4 aliphatic rings. The van der Waals surface area contributed by atoms with E-state index in [1.54, 1.807) is 12.1 Å². The van der Waals surface area contributed by atoms with Crippen LogP contribution in [0.2, 0.25) is 0 Å². The van der Waals surface area contributed by atoms with E-state index in [1.165, 1.54) is 0 Å². The van der Waals surface area contributed by atoms with Crippen molar-refractivity contribution >= 4 is 23.4 Å². The van der Waals surface area contributed by atoms with Gasteiger partial charge in [0.2, 0.25) is 17.7 Å². The zero-order valence-electron chi connectivity index (χ0n) is 19.2. The lowest BCUT2D eigenvalue weighted by atomic mass is 9.83. The molecule has 0 radical (unpaired) electrons. The quantitative estimate of drug-likeness (QED) is 0.659. The van der Waals surface area contributed by atoms with Gasteiger partial charge in [-0.15, -0.1) is 0 Å². The van der Waals surface area contributed by atoms with Gasteiger partial charge in [-0.25, -0.2) is 10.4 Å². The van der Waals surface area contributed by atoms with Crippen LogP contribution >= 0.6 is 0 Å². The molecule has 1 N–H and O–H groups in total. The highest BCUT2D eigenvalue weighted by Gasteiger charge is 2.51. The van der Waals surface area contributed by atoms with Crippen molar-refractivity contribution in [3.8, 4) is 0 Å². The zero-order valence-corrected chi connectivity index (χ0v) is 19.2. The van der Waals surface area contributed by atoms with Gasteiger partial charge in [0.1, 0.15) is 0 Å². The fourth-order valence-corrected chi connectivity index (χ4v) is 5.31. The molecule has 3 aliphatic heterocycles. The van der Waals surface area contributed by atoms with Crippen molar-refractivity contribution < 1.29 is 19.1 Å². The molecule has 3 atom stereocenters. The van der Waals surface area contributed by atoms with Crippen LogP contribution in [0.1, 0.15) is 12.8 Å². The lowest BCUT2D eigenvalue weighted by Crippen LogP contribution is -2.60. The molecule has 1 aliphatic carbocycles. The van der Waals surface area contributed by atoms with Crippen molar-refractivity contribution in [3.05, 3.63) is 30.3 Å². The second-order valence-electron chi connectivity index (χ2n) is 9.55. The topological polar surface area (TPSA) is 85.4 Å². The molecule has 9 heteroatoms. The first-order chi connectivity index (χ1) is 16.1. The number of benzene rings is 1. The molecule has 0 aromatic heterocycles. The number of amides is 3. The van der Waals surface area contributed by atoms with Gasteiger partial charge in [0.15, 0.2) is 0 Å². The highest BCUT2D eigenvalue weighted by atomic mass is 16.5. The number of ether oxygens (including phenoxy) is 1. The zero-order chi connectivity index (χ0) is 22.9. The van der Waals surface area contributed by atoms with Gasteiger partial charge in [-0.2, -0.15) is 0 Å². The number of para-hydroxylation sites is 1. The molecule has 3 unspecified atom stereocenters. The molecule has 33 heavy (non-hydrogen) atoms. The Hall–Kier alpha value is -2.49. The van der Waals surface area contributed by atoms with Gasteiger partial charge in [-0.1, -0.05) is 18.2 Å². The Balaban J connectivity index is 1.30. The molecule has 3 amide bonds. The largest absolute Gasteiger partial charge is 0.383 e. The van der Waals surface area contributed by atoms with Crippen molar-refractivity contribution in [2.24, 2.45) is 17.8 Å². The number of anilines is 1. The number of methoxy groups -OCH3 is 1. The number of fused-ring (bicyclic) bond motifs is 1. The number of nitrogens with one attached hydrogen (secondary N) is 1. The molecule has 178 valence electrons. The van der Waals surface area contributed by atoms with E-state index in [4.69, 9.17) is 4.74 Å². The number of rotatable bonds is 6. The standard InChI is InChI=1S/C24H33N5O4/c1-33-14-13-26-15-19(23(31)28-11-9-27(10-12-28)22(30)17-7-8-17)21-20(16-26)24(32)29(25-21)18-5-3-2-4-6-18/h2-6,17,19-21,25H,7-16H2,1H3. The number of nitrogens with zero attached hydrogens (tertiary/aromatic N) is 4. The molecule has 4 fully saturated rings. The normalized spacial score (nSPS) is 28.2. The molecule has 3 heterocycles. The molecule has 3 saturated heterocycles. The van der Waals surface area contributed by atoms with Crippen LogP contribution < -0.4 is 10.4 Å². The minimum Gasteiger partial charge on any atom is -0.383 e. The summed E-state index contributed by atoms with van der Waals surface area (Å²) < 4.78 is 5.26. The average Bonchev–Trinajstić information content (AvgIpc) is 3.66. The smallest absolute Gasteiger partial charge is 0.247 e. The van der Waals surface area contributed by atoms with Crippen LogP contribution in [0.4, 0.5) is 5.69 Å². The number of piperidine rings is 1. The first-order valence-corrected chi connectivity index (χ1v) is 12.0. The summed E-state index contributed by atoms with van der Waals surface area (Å²) in [5.41, 5.74) is 4.16. The fourth-order valence-electron chi connectivity index (χ4n) is 5.31. The number of hydrogen-bond donors (Lipinski definition) is 1. The summed E-state index contributed by atoms with van der Waals surface area (Å²) in [5, 5.41) is 1.61. The molecule has 1 aromatic carbocycles. The monoisotopic (exact) mass is 455 g/mol. The Kier molecular flexibility index (Phi) is 6.36. The summed E-state index contributed by atoms with van der Waals surface area (Å²) in [7, 11) is 1.66. The van der Waals surface area contributed by atoms with Crippen molar-refractivity contribution in [3.63, 3.8) is 0 Å². The Morgan fingerprint density at radius 2 is 1.67 bits per heavy atom. The van der Waals surface area contributed by atoms with Crippen LogP contribution in [0.5, 0.6) is 0 Å². The van der Waals surface area contributed by atoms with E-state index < -0.39 is 0 Å². The van der Waals surface area contributed by atoms with E-state index in [0.29, 0.717) is 52.4 Å². The molecular formula is C24H33N5O4. The summed E-state index contributed by atoms with van der Waals surface area (Å²) in [4.78, 5) is 45.4. The number of carbonyl (C=O) groups is 3. The van der Waals surface area contributed by atoms with Gasteiger partial charge in [0, 0.05) is 58.8 Å². The average molecular weight is 456 g/mol.